The zero-order chi connectivity index (χ0) is 12.6. The van der Waals surface area contributed by atoms with E-state index in [0.717, 1.165) is 31.6 Å². The fourth-order valence-corrected chi connectivity index (χ4v) is 2.15. The topological polar surface area (TPSA) is 42.2 Å². The van der Waals surface area contributed by atoms with Crippen LogP contribution in [-0.4, -0.2) is 17.6 Å². The van der Waals surface area contributed by atoms with Gasteiger partial charge in [0, 0.05) is 12.6 Å². The Bertz CT molecular complexity index is 417. The van der Waals surface area contributed by atoms with Gasteiger partial charge in [-0.05, 0) is 25.8 Å². The maximum Gasteiger partial charge on any atom is 0.433 e. The molecule has 1 aliphatic heterocycles. The second-order valence-electron chi connectivity index (χ2n) is 4.31. The zero-order valence-electron chi connectivity index (χ0n) is 9.46. The van der Waals surface area contributed by atoms with Crippen LogP contribution in [0.15, 0.2) is 12.3 Å². The minimum absolute atomic E-state index is 0.223. The molecule has 17 heavy (non-hydrogen) atoms. The Morgan fingerprint density at radius 2 is 2.18 bits per heavy atom. The summed E-state index contributed by atoms with van der Waals surface area (Å²) in [5.74, 6) is 0. The van der Waals surface area contributed by atoms with Crippen molar-refractivity contribution < 1.29 is 13.2 Å². The third-order valence-corrected chi connectivity index (χ3v) is 3.06. The lowest BCUT2D eigenvalue weighted by Crippen LogP contribution is -2.27. The summed E-state index contributed by atoms with van der Waals surface area (Å²) in [6.07, 6.45) is -1.39. The lowest BCUT2D eigenvalue weighted by molar-refractivity contribution is -0.141. The molecule has 2 N–H and O–H groups in total. The van der Waals surface area contributed by atoms with Gasteiger partial charge in [0.1, 0.15) is 5.69 Å². The van der Waals surface area contributed by atoms with Crippen LogP contribution in [0, 0.1) is 0 Å². The fourth-order valence-electron chi connectivity index (χ4n) is 2.15. The quantitative estimate of drug-likeness (QED) is 0.827. The monoisotopic (exact) mass is 245 g/mol. The minimum atomic E-state index is -4.43. The maximum absolute atomic E-state index is 12.6. The van der Waals surface area contributed by atoms with Crippen LogP contribution in [0.4, 0.5) is 24.5 Å². The molecule has 0 saturated carbocycles. The molecule has 1 aliphatic rings. The van der Waals surface area contributed by atoms with Gasteiger partial charge in [0.2, 0.25) is 0 Å². The number of nitrogen functional groups attached to an aromatic ring is 1. The molecule has 2 heterocycles. The smallest absolute Gasteiger partial charge is 0.396 e. The molecule has 1 saturated heterocycles. The lowest BCUT2D eigenvalue weighted by Gasteiger charge is -2.25. The van der Waals surface area contributed by atoms with Gasteiger partial charge in [0.15, 0.2) is 0 Å². The minimum Gasteiger partial charge on any atom is -0.396 e. The molecule has 2 rings (SSSR count). The Labute approximate surface area is 97.4 Å². The summed E-state index contributed by atoms with van der Waals surface area (Å²) in [6, 6.07) is 1.26. The van der Waals surface area contributed by atoms with E-state index in [9.17, 15) is 13.2 Å². The Kier molecular flexibility index (Phi) is 2.89. The number of rotatable bonds is 1. The van der Waals surface area contributed by atoms with Crippen LogP contribution in [0.2, 0.25) is 0 Å². The Morgan fingerprint density at radius 1 is 1.47 bits per heavy atom. The van der Waals surface area contributed by atoms with Gasteiger partial charge in [-0.15, -0.1) is 0 Å². The highest BCUT2D eigenvalue weighted by Crippen LogP contribution is 2.35. The first-order valence-electron chi connectivity index (χ1n) is 5.49. The van der Waals surface area contributed by atoms with E-state index in [2.05, 4.69) is 4.98 Å². The van der Waals surface area contributed by atoms with E-state index in [1.807, 2.05) is 11.8 Å². The standard InChI is InChI=1S/C11H14F3N3/c1-7-3-2-4-17(7)9-5-10(11(12,13)14)16-6-8(9)15/h5-7H,2-4,15H2,1H3. The van der Waals surface area contributed by atoms with Crippen LogP contribution < -0.4 is 10.6 Å². The third-order valence-electron chi connectivity index (χ3n) is 3.06. The van der Waals surface area contributed by atoms with Crippen molar-refractivity contribution in [2.75, 3.05) is 17.2 Å². The van der Waals surface area contributed by atoms with Crippen molar-refractivity contribution in [3.8, 4) is 0 Å². The number of alkyl halides is 3. The van der Waals surface area contributed by atoms with Crippen molar-refractivity contribution in [1.82, 2.24) is 4.98 Å². The normalized spacial score (nSPS) is 20.9. The van der Waals surface area contributed by atoms with Gasteiger partial charge >= 0.3 is 6.18 Å². The predicted octanol–water partition coefficient (Wildman–Crippen LogP) is 2.67. The van der Waals surface area contributed by atoms with Gasteiger partial charge in [0.25, 0.3) is 0 Å². The number of pyridine rings is 1. The SMILES string of the molecule is CC1CCCN1c1cc(C(F)(F)F)ncc1N. The maximum atomic E-state index is 12.6. The molecule has 1 unspecified atom stereocenters. The highest BCUT2D eigenvalue weighted by molar-refractivity contribution is 5.68. The second-order valence-corrected chi connectivity index (χ2v) is 4.31. The van der Waals surface area contributed by atoms with E-state index < -0.39 is 11.9 Å². The first-order valence-corrected chi connectivity index (χ1v) is 5.49. The van der Waals surface area contributed by atoms with E-state index >= 15 is 0 Å². The predicted molar refractivity (Wildman–Crippen MR) is 59.7 cm³/mol. The lowest BCUT2D eigenvalue weighted by atomic mass is 10.2. The number of halogens is 3. The van der Waals surface area contributed by atoms with Gasteiger partial charge in [-0.1, -0.05) is 0 Å². The van der Waals surface area contributed by atoms with Crippen LogP contribution >= 0.6 is 0 Å². The van der Waals surface area contributed by atoms with E-state index in [1.165, 1.54) is 0 Å². The molecule has 0 bridgehead atoms. The van der Waals surface area contributed by atoms with E-state index in [4.69, 9.17) is 5.73 Å². The molecule has 1 aromatic heterocycles. The van der Waals surface area contributed by atoms with Crippen LogP contribution in [-0.2, 0) is 6.18 Å². The van der Waals surface area contributed by atoms with Crippen molar-refractivity contribution in [3.05, 3.63) is 18.0 Å². The Morgan fingerprint density at radius 3 is 2.71 bits per heavy atom. The summed E-state index contributed by atoms with van der Waals surface area (Å²) in [7, 11) is 0. The van der Waals surface area contributed by atoms with E-state index in [1.54, 1.807) is 0 Å². The highest BCUT2D eigenvalue weighted by Gasteiger charge is 2.34. The molecule has 1 aromatic rings. The molecule has 1 fully saturated rings. The van der Waals surface area contributed by atoms with Gasteiger partial charge in [-0.25, -0.2) is 4.98 Å². The molecule has 6 heteroatoms. The highest BCUT2D eigenvalue weighted by atomic mass is 19.4. The number of hydrogen-bond donors (Lipinski definition) is 1. The molecule has 0 spiro atoms. The van der Waals surface area contributed by atoms with Crippen molar-refractivity contribution in [3.63, 3.8) is 0 Å². The van der Waals surface area contributed by atoms with Gasteiger partial charge < -0.3 is 10.6 Å². The summed E-state index contributed by atoms with van der Waals surface area (Å²) in [4.78, 5) is 5.24. The molecule has 0 radical (unpaired) electrons. The first kappa shape index (κ1) is 12.0. The molecular weight excluding hydrogens is 231 g/mol. The van der Waals surface area contributed by atoms with Crippen molar-refractivity contribution >= 4 is 11.4 Å². The van der Waals surface area contributed by atoms with Gasteiger partial charge in [-0.3, -0.25) is 0 Å². The summed E-state index contributed by atoms with van der Waals surface area (Å²) >= 11 is 0. The zero-order valence-corrected chi connectivity index (χ0v) is 9.46. The Balaban J connectivity index is 2.39. The molecule has 0 aliphatic carbocycles. The molecule has 0 amide bonds. The number of hydrogen-bond acceptors (Lipinski definition) is 3. The van der Waals surface area contributed by atoms with Gasteiger partial charge in [-0.2, -0.15) is 13.2 Å². The molecular formula is C11H14F3N3. The molecule has 3 nitrogen and oxygen atoms in total. The van der Waals surface area contributed by atoms with Crippen molar-refractivity contribution in [2.24, 2.45) is 0 Å². The van der Waals surface area contributed by atoms with Crippen LogP contribution in [0.5, 0.6) is 0 Å². The van der Waals surface area contributed by atoms with E-state index in [-0.39, 0.29) is 6.04 Å². The summed E-state index contributed by atoms with van der Waals surface area (Å²) < 4.78 is 37.7. The Hall–Kier alpha value is -1.46. The second kappa shape index (κ2) is 4.09. The van der Waals surface area contributed by atoms with Crippen molar-refractivity contribution in [2.45, 2.75) is 32.0 Å². The number of anilines is 2. The fraction of sp³-hybridized carbons (Fsp3) is 0.545. The number of aromatic nitrogens is 1. The summed E-state index contributed by atoms with van der Waals surface area (Å²) in [6.45, 7) is 2.73. The van der Waals surface area contributed by atoms with Crippen molar-refractivity contribution in [1.29, 1.82) is 0 Å². The largest absolute Gasteiger partial charge is 0.433 e. The van der Waals surface area contributed by atoms with Crippen LogP contribution in [0.1, 0.15) is 25.5 Å². The summed E-state index contributed by atoms with van der Waals surface area (Å²) in [5, 5.41) is 0. The average Bonchev–Trinajstić information content (AvgIpc) is 2.63. The molecule has 1 atom stereocenters. The van der Waals surface area contributed by atoms with E-state index in [0.29, 0.717) is 11.4 Å². The number of nitrogens with two attached hydrogens (primary N) is 1. The average molecular weight is 245 g/mol. The van der Waals surface area contributed by atoms with Gasteiger partial charge in [0.05, 0.1) is 17.6 Å². The number of nitrogens with zero attached hydrogens (tertiary/aromatic N) is 2. The third kappa shape index (κ3) is 2.30. The summed E-state index contributed by atoms with van der Waals surface area (Å²) in [5.41, 5.74) is 5.55. The van der Waals surface area contributed by atoms with Crippen LogP contribution in [0.3, 0.4) is 0 Å². The van der Waals surface area contributed by atoms with Crippen LogP contribution in [0.25, 0.3) is 0 Å². The molecule has 94 valence electrons. The molecule has 0 aromatic carbocycles. The first-order chi connectivity index (χ1) is 7.89.